The summed E-state index contributed by atoms with van der Waals surface area (Å²) < 4.78 is 27.1. The fourth-order valence-electron chi connectivity index (χ4n) is 1.91. The van der Waals surface area contributed by atoms with E-state index in [0.717, 1.165) is 0 Å². The van der Waals surface area contributed by atoms with Gasteiger partial charge in [-0.2, -0.15) is 10.4 Å². The summed E-state index contributed by atoms with van der Waals surface area (Å²) in [5.74, 6) is 0.179. The number of anilines is 1. The van der Waals surface area contributed by atoms with Crippen LogP contribution in [-0.2, 0) is 10.0 Å². The van der Waals surface area contributed by atoms with Gasteiger partial charge in [-0.25, -0.2) is 13.4 Å². The number of aromatic nitrogens is 3. The number of pyridine rings is 1. The zero-order valence-corrected chi connectivity index (χ0v) is 11.4. The highest BCUT2D eigenvalue weighted by Gasteiger charge is 2.21. The van der Waals surface area contributed by atoms with Crippen LogP contribution >= 0.6 is 0 Å². The third-order valence-corrected chi connectivity index (χ3v) is 4.24. The molecule has 21 heavy (non-hydrogen) atoms. The number of H-pyrrole nitrogens is 1. The Labute approximate surface area is 120 Å². The van der Waals surface area contributed by atoms with Gasteiger partial charge in [-0.05, 0) is 24.3 Å². The quantitative estimate of drug-likeness (QED) is 0.763. The van der Waals surface area contributed by atoms with Crippen LogP contribution in [0, 0.1) is 11.3 Å². The van der Waals surface area contributed by atoms with Crippen LogP contribution < -0.4 is 4.72 Å². The Morgan fingerprint density at radius 1 is 1.19 bits per heavy atom. The number of aromatic amines is 1. The van der Waals surface area contributed by atoms with Gasteiger partial charge in [-0.3, -0.25) is 9.82 Å². The van der Waals surface area contributed by atoms with Crippen molar-refractivity contribution in [3.8, 4) is 6.07 Å². The second-order valence-corrected chi connectivity index (χ2v) is 5.84. The fraction of sp³-hybridized carbons (Fsp3) is 0. The van der Waals surface area contributed by atoms with E-state index in [0.29, 0.717) is 10.9 Å². The molecule has 0 aliphatic heterocycles. The Bertz CT molecular complexity index is 956. The number of nitriles is 1. The van der Waals surface area contributed by atoms with Gasteiger partial charge in [0, 0.05) is 11.6 Å². The van der Waals surface area contributed by atoms with E-state index >= 15 is 0 Å². The van der Waals surface area contributed by atoms with Gasteiger partial charge >= 0.3 is 0 Å². The van der Waals surface area contributed by atoms with Gasteiger partial charge in [0.1, 0.15) is 11.0 Å². The molecule has 0 amide bonds. The number of hydrogen-bond acceptors (Lipinski definition) is 5. The summed E-state index contributed by atoms with van der Waals surface area (Å²) >= 11 is 0. The Hall–Kier alpha value is -2.92. The number of fused-ring (bicyclic) bond motifs is 1. The van der Waals surface area contributed by atoms with E-state index in [1.165, 1.54) is 18.3 Å². The molecule has 2 heterocycles. The molecule has 7 nitrogen and oxygen atoms in total. The lowest BCUT2D eigenvalue weighted by molar-refractivity contribution is 0.600. The molecule has 0 bridgehead atoms. The van der Waals surface area contributed by atoms with Crippen molar-refractivity contribution in [2.75, 3.05) is 4.72 Å². The second-order valence-electron chi connectivity index (χ2n) is 4.19. The Morgan fingerprint density at radius 2 is 2.00 bits per heavy atom. The number of hydrogen-bond donors (Lipinski definition) is 2. The maximum absolute atomic E-state index is 12.4. The number of sulfonamides is 1. The lowest BCUT2D eigenvalue weighted by Crippen LogP contribution is -2.15. The molecule has 0 radical (unpaired) electrons. The van der Waals surface area contributed by atoms with Gasteiger partial charge in [0.05, 0.1) is 5.52 Å². The van der Waals surface area contributed by atoms with Crippen LogP contribution in [0.2, 0.25) is 0 Å². The highest BCUT2D eigenvalue weighted by atomic mass is 32.2. The molecule has 1 aromatic carbocycles. The van der Waals surface area contributed by atoms with E-state index in [4.69, 9.17) is 5.26 Å². The van der Waals surface area contributed by atoms with Crippen molar-refractivity contribution < 1.29 is 8.42 Å². The predicted molar refractivity (Wildman–Crippen MR) is 75.9 cm³/mol. The molecule has 0 saturated carbocycles. The maximum atomic E-state index is 12.4. The fourth-order valence-corrected chi connectivity index (χ4v) is 3.05. The van der Waals surface area contributed by atoms with E-state index < -0.39 is 10.0 Å². The van der Waals surface area contributed by atoms with Gasteiger partial charge < -0.3 is 0 Å². The standard InChI is InChI=1S/C13H9N5O2S/c14-8-11-12(6-3-7-15-11)21(19,20)18-13-9-4-1-2-5-10(9)16-17-13/h1-7H,(H2,16,17,18). The van der Waals surface area contributed by atoms with Crippen molar-refractivity contribution in [2.24, 2.45) is 0 Å². The molecule has 8 heteroatoms. The molecule has 3 aromatic rings. The first-order valence-electron chi connectivity index (χ1n) is 5.93. The minimum Gasteiger partial charge on any atom is -0.276 e. The van der Waals surface area contributed by atoms with Crippen LogP contribution in [0.25, 0.3) is 10.9 Å². The van der Waals surface area contributed by atoms with Gasteiger partial charge in [0.25, 0.3) is 10.0 Å². The van der Waals surface area contributed by atoms with E-state index in [-0.39, 0.29) is 16.4 Å². The summed E-state index contributed by atoms with van der Waals surface area (Å²) in [6.45, 7) is 0. The monoisotopic (exact) mass is 299 g/mol. The molecule has 0 aliphatic rings. The second kappa shape index (κ2) is 4.88. The molecule has 0 unspecified atom stereocenters. The maximum Gasteiger partial charge on any atom is 0.266 e. The smallest absolute Gasteiger partial charge is 0.266 e. The van der Waals surface area contributed by atoms with Crippen LogP contribution in [0.5, 0.6) is 0 Å². The molecule has 0 aliphatic carbocycles. The lowest BCUT2D eigenvalue weighted by Gasteiger charge is -2.06. The minimum absolute atomic E-state index is 0.162. The zero-order chi connectivity index (χ0) is 14.9. The van der Waals surface area contributed by atoms with Crippen molar-refractivity contribution in [3.63, 3.8) is 0 Å². The summed E-state index contributed by atoms with van der Waals surface area (Å²) in [5, 5.41) is 16.3. The highest BCUT2D eigenvalue weighted by Crippen LogP contribution is 2.23. The van der Waals surface area contributed by atoms with E-state index in [1.54, 1.807) is 24.3 Å². The van der Waals surface area contributed by atoms with Crippen molar-refractivity contribution >= 4 is 26.7 Å². The van der Waals surface area contributed by atoms with Gasteiger partial charge in [0.15, 0.2) is 11.5 Å². The first-order valence-corrected chi connectivity index (χ1v) is 7.41. The third kappa shape index (κ3) is 2.30. The summed E-state index contributed by atoms with van der Waals surface area (Å²) in [7, 11) is -3.93. The van der Waals surface area contributed by atoms with Crippen LogP contribution in [0.3, 0.4) is 0 Å². The molecule has 2 aromatic heterocycles. The summed E-state index contributed by atoms with van der Waals surface area (Å²) in [6, 6.07) is 11.7. The molecule has 0 spiro atoms. The van der Waals surface area contributed by atoms with Crippen molar-refractivity contribution in [1.82, 2.24) is 15.2 Å². The number of rotatable bonds is 3. The Morgan fingerprint density at radius 3 is 2.81 bits per heavy atom. The average molecular weight is 299 g/mol. The molecule has 104 valence electrons. The Kier molecular flexibility index (Phi) is 3.04. The number of para-hydroxylation sites is 1. The van der Waals surface area contributed by atoms with Crippen LogP contribution in [0.1, 0.15) is 5.69 Å². The van der Waals surface area contributed by atoms with Crippen LogP contribution in [0.4, 0.5) is 5.82 Å². The number of benzene rings is 1. The first kappa shape index (κ1) is 13.1. The SMILES string of the molecule is N#Cc1ncccc1S(=O)(=O)Nc1n[nH]c2ccccc12. The molecular weight excluding hydrogens is 290 g/mol. The summed E-state index contributed by atoms with van der Waals surface area (Å²) in [6.07, 6.45) is 1.36. The summed E-state index contributed by atoms with van der Waals surface area (Å²) in [5.41, 5.74) is 0.548. The largest absolute Gasteiger partial charge is 0.276 e. The molecular formula is C13H9N5O2S. The topological polar surface area (TPSA) is 112 Å². The number of nitrogens with zero attached hydrogens (tertiary/aromatic N) is 3. The molecule has 0 saturated heterocycles. The predicted octanol–water partition coefficient (Wildman–Crippen LogP) is 1.63. The highest BCUT2D eigenvalue weighted by molar-refractivity contribution is 7.92. The van der Waals surface area contributed by atoms with E-state index in [1.807, 2.05) is 6.07 Å². The van der Waals surface area contributed by atoms with Crippen molar-refractivity contribution in [3.05, 3.63) is 48.3 Å². The minimum atomic E-state index is -3.93. The normalized spacial score (nSPS) is 11.2. The zero-order valence-electron chi connectivity index (χ0n) is 10.6. The first-order chi connectivity index (χ1) is 10.1. The van der Waals surface area contributed by atoms with Crippen LogP contribution in [0.15, 0.2) is 47.5 Å². The Balaban J connectivity index is 2.06. The van der Waals surface area contributed by atoms with Gasteiger partial charge in [0.2, 0.25) is 0 Å². The molecule has 0 fully saturated rings. The number of nitrogens with one attached hydrogen (secondary N) is 2. The van der Waals surface area contributed by atoms with Crippen molar-refractivity contribution in [2.45, 2.75) is 4.90 Å². The van der Waals surface area contributed by atoms with Crippen LogP contribution in [-0.4, -0.2) is 23.6 Å². The third-order valence-electron chi connectivity index (χ3n) is 2.87. The van der Waals surface area contributed by atoms with Gasteiger partial charge in [-0.1, -0.05) is 12.1 Å². The molecule has 0 atom stereocenters. The molecule has 3 rings (SSSR count). The summed E-state index contributed by atoms with van der Waals surface area (Å²) in [4.78, 5) is 3.57. The van der Waals surface area contributed by atoms with Gasteiger partial charge in [-0.15, -0.1) is 0 Å². The average Bonchev–Trinajstić information content (AvgIpc) is 2.90. The molecule has 2 N–H and O–H groups in total. The van der Waals surface area contributed by atoms with E-state index in [9.17, 15) is 8.42 Å². The van der Waals surface area contributed by atoms with Crippen molar-refractivity contribution in [1.29, 1.82) is 5.26 Å². The lowest BCUT2D eigenvalue weighted by atomic mass is 10.2. The van der Waals surface area contributed by atoms with E-state index in [2.05, 4.69) is 19.9 Å².